The summed E-state index contributed by atoms with van der Waals surface area (Å²) in [5.41, 5.74) is 2.53. The Labute approximate surface area is 186 Å². The van der Waals surface area contributed by atoms with Crippen molar-refractivity contribution in [2.45, 2.75) is 26.3 Å². The van der Waals surface area contributed by atoms with Crippen LogP contribution in [0.25, 0.3) is 10.2 Å². The molecule has 0 fully saturated rings. The first kappa shape index (κ1) is 20.5. The molecule has 2 heterocycles. The molecule has 0 saturated carbocycles. The van der Waals surface area contributed by atoms with Crippen molar-refractivity contribution in [3.63, 3.8) is 0 Å². The van der Waals surface area contributed by atoms with Crippen LogP contribution in [0.1, 0.15) is 25.3 Å². The summed E-state index contributed by atoms with van der Waals surface area (Å²) >= 11 is 4.82. The molecule has 5 nitrogen and oxygen atoms in total. The minimum absolute atomic E-state index is 0.0832. The summed E-state index contributed by atoms with van der Waals surface area (Å²) in [6, 6.07) is 18.8. The van der Waals surface area contributed by atoms with Gasteiger partial charge in [0.25, 0.3) is 11.5 Å². The molecule has 0 bridgehead atoms. The van der Waals surface area contributed by atoms with E-state index in [9.17, 15) is 9.59 Å². The molecule has 4 rings (SSSR count). The Kier molecular flexibility index (Phi) is 5.83. The number of carbonyl (C=O) groups is 1. The summed E-state index contributed by atoms with van der Waals surface area (Å²) in [6.07, 6.45) is 1.62. The topological polar surface area (TPSA) is 55.2 Å². The number of benzene rings is 2. The molecule has 0 saturated heterocycles. The van der Waals surface area contributed by atoms with Gasteiger partial charge < -0.3 is 4.57 Å². The van der Waals surface area contributed by atoms with E-state index in [-0.39, 0.29) is 18.0 Å². The standard InChI is InChI=1S/C23H20BrN3O2S/c1-15(2)16-7-10-18(11-8-16)27(23-25-19-5-3-4-6-20(19)30-23)22(29)14-26-13-17(24)9-12-21(26)28/h3-13,15H,14H2,1-2H3. The minimum Gasteiger partial charge on any atom is -0.305 e. The zero-order valence-electron chi connectivity index (χ0n) is 16.6. The molecule has 0 unspecified atom stereocenters. The molecule has 4 aromatic rings. The number of carbonyl (C=O) groups excluding carboxylic acids is 1. The summed E-state index contributed by atoms with van der Waals surface area (Å²) < 4.78 is 3.14. The predicted molar refractivity (Wildman–Crippen MR) is 126 cm³/mol. The molecule has 7 heteroatoms. The van der Waals surface area contributed by atoms with Gasteiger partial charge in [-0.15, -0.1) is 0 Å². The lowest BCUT2D eigenvalue weighted by Gasteiger charge is -2.21. The molecular formula is C23H20BrN3O2S. The van der Waals surface area contributed by atoms with Crippen LogP contribution in [0.4, 0.5) is 10.8 Å². The van der Waals surface area contributed by atoms with Crippen molar-refractivity contribution >= 4 is 54.2 Å². The summed E-state index contributed by atoms with van der Waals surface area (Å²) in [7, 11) is 0. The van der Waals surface area contributed by atoms with E-state index < -0.39 is 0 Å². The number of amides is 1. The number of hydrogen-bond donors (Lipinski definition) is 0. The number of aromatic nitrogens is 2. The van der Waals surface area contributed by atoms with Crippen molar-refractivity contribution in [2.24, 2.45) is 0 Å². The van der Waals surface area contributed by atoms with Crippen LogP contribution in [0, 0.1) is 0 Å². The van der Waals surface area contributed by atoms with Gasteiger partial charge in [0.2, 0.25) is 0 Å². The number of fused-ring (bicyclic) bond motifs is 1. The second kappa shape index (κ2) is 8.53. The maximum absolute atomic E-state index is 13.4. The van der Waals surface area contributed by atoms with E-state index >= 15 is 0 Å². The van der Waals surface area contributed by atoms with Gasteiger partial charge in [0.05, 0.1) is 15.9 Å². The number of nitrogens with zero attached hydrogens (tertiary/aromatic N) is 3. The van der Waals surface area contributed by atoms with Gasteiger partial charge in [-0.25, -0.2) is 4.98 Å². The quantitative estimate of drug-likeness (QED) is 0.366. The van der Waals surface area contributed by atoms with Crippen LogP contribution in [0.5, 0.6) is 0 Å². The van der Waals surface area contributed by atoms with Gasteiger partial charge in [-0.3, -0.25) is 14.5 Å². The highest BCUT2D eigenvalue weighted by Gasteiger charge is 2.22. The number of halogens is 1. The second-order valence-electron chi connectivity index (χ2n) is 7.25. The lowest BCUT2D eigenvalue weighted by molar-refractivity contribution is -0.118. The SMILES string of the molecule is CC(C)c1ccc(N(C(=O)Cn2cc(Br)ccc2=O)c2nc3ccccc3s2)cc1. The largest absolute Gasteiger partial charge is 0.305 e. The van der Waals surface area contributed by atoms with Crippen molar-refractivity contribution in [1.82, 2.24) is 9.55 Å². The highest BCUT2D eigenvalue weighted by molar-refractivity contribution is 9.10. The second-order valence-corrected chi connectivity index (χ2v) is 9.18. The average molecular weight is 482 g/mol. The fraction of sp³-hybridized carbons (Fsp3) is 0.174. The highest BCUT2D eigenvalue weighted by atomic mass is 79.9. The fourth-order valence-corrected chi connectivity index (χ4v) is 4.55. The minimum atomic E-state index is -0.231. The molecule has 0 spiro atoms. The zero-order valence-corrected chi connectivity index (χ0v) is 19.0. The van der Waals surface area contributed by atoms with E-state index in [0.29, 0.717) is 11.0 Å². The Bertz CT molecular complexity index is 1230. The van der Waals surface area contributed by atoms with Crippen LogP contribution >= 0.6 is 27.3 Å². The molecule has 152 valence electrons. The highest BCUT2D eigenvalue weighted by Crippen LogP contribution is 2.34. The molecule has 0 aliphatic heterocycles. The summed E-state index contributed by atoms with van der Waals surface area (Å²) in [5, 5.41) is 0.585. The molecule has 2 aromatic carbocycles. The van der Waals surface area contributed by atoms with Crippen LogP contribution in [0.3, 0.4) is 0 Å². The summed E-state index contributed by atoms with van der Waals surface area (Å²) in [4.78, 5) is 31.9. The third kappa shape index (κ3) is 4.22. The monoisotopic (exact) mass is 481 g/mol. The lowest BCUT2D eigenvalue weighted by atomic mass is 10.0. The number of hydrogen-bond acceptors (Lipinski definition) is 4. The Morgan fingerprint density at radius 1 is 1.10 bits per heavy atom. The lowest BCUT2D eigenvalue weighted by Crippen LogP contribution is -2.33. The van der Waals surface area contributed by atoms with Gasteiger partial charge in [0.15, 0.2) is 5.13 Å². The van der Waals surface area contributed by atoms with Gasteiger partial charge in [-0.2, -0.15) is 0 Å². The van der Waals surface area contributed by atoms with E-state index in [1.54, 1.807) is 17.2 Å². The molecule has 30 heavy (non-hydrogen) atoms. The van der Waals surface area contributed by atoms with Crippen molar-refractivity contribution in [3.8, 4) is 0 Å². The molecule has 2 aromatic heterocycles. The Hall–Kier alpha value is -2.77. The average Bonchev–Trinajstić information content (AvgIpc) is 3.14. The molecule has 0 aliphatic carbocycles. The molecule has 0 aliphatic rings. The first-order chi connectivity index (χ1) is 14.4. The Morgan fingerprint density at radius 3 is 2.53 bits per heavy atom. The van der Waals surface area contributed by atoms with E-state index in [1.807, 2.05) is 48.5 Å². The summed E-state index contributed by atoms with van der Waals surface area (Å²) in [6.45, 7) is 4.18. The van der Waals surface area contributed by atoms with Crippen LogP contribution in [-0.2, 0) is 11.3 Å². The molecule has 0 radical (unpaired) electrons. The number of para-hydroxylation sites is 1. The number of pyridine rings is 1. The van der Waals surface area contributed by atoms with Gasteiger partial charge in [-0.1, -0.05) is 49.4 Å². The zero-order chi connectivity index (χ0) is 21.3. The van der Waals surface area contributed by atoms with Crippen molar-refractivity contribution in [1.29, 1.82) is 0 Å². The normalized spacial score (nSPS) is 11.2. The van der Waals surface area contributed by atoms with Crippen molar-refractivity contribution in [2.75, 3.05) is 4.90 Å². The van der Waals surface area contributed by atoms with Crippen LogP contribution in [0.2, 0.25) is 0 Å². The molecule has 0 N–H and O–H groups in total. The number of thiazole rings is 1. The third-order valence-corrected chi connectivity index (χ3v) is 6.28. The van der Waals surface area contributed by atoms with Crippen LogP contribution in [0.15, 0.2) is 76.1 Å². The van der Waals surface area contributed by atoms with E-state index in [1.165, 1.54) is 27.5 Å². The Balaban J connectivity index is 1.77. The van der Waals surface area contributed by atoms with Crippen molar-refractivity contribution in [3.05, 3.63) is 87.3 Å². The molecule has 0 atom stereocenters. The predicted octanol–water partition coefficient (Wildman–Crippen LogP) is 5.71. The van der Waals surface area contributed by atoms with Crippen LogP contribution in [-0.4, -0.2) is 15.5 Å². The van der Waals surface area contributed by atoms with Gasteiger partial charge in [0, 0.05) is 16.7 Å². The van der Waals surface area contributed by atoms with Crippen LogP contribution < -0.4 is 10.5 Å². The number of rotatable bonds is 5. The number of anilines is 2. The Morgan fingerprint density at radius 2 is 1.83 bits per heavy atom. The third-order valence-electron chi connectivity index (χ3n) is 4.79. The smallest absolute Gasteiger partial charge is 0.253 e. The maximum atomic E-state index is 13.4. The van der Waals surface area contributed by atoms with Crippen molar-refractivity contribution < 1.29 is 4.79 Å². The first-order valence-corrected chi connectivity index (χ1v) is 11.2. The summed E-state index contributed by atoms with van der Waals surface area (Å²) in [5.74, 6) is 0.164. The first-order valence-electron chi connectivity index (χ1n) is 9.57. The maximum Gasteiger partial charge on any atom is 0.253 e. The van der Waals surface area contributed by atoms with Gasteiger partial charge >= 0.3 is 0 Å². The van der Waals surface area contributed by atoms with E-state index in [2.05, 4.69) is 34.8 Å². The van der Waals surface area contributed by atoms with Gasteiger partial charge in [0.1, 0.15) is 6.54 Å². The molecular weight excluding hydrogens is 462 g/mol. The van der Waals surface area contributed by atoms with E-state index in [4.69, 9.17) is 0 Å². The fourth-order valence-electron chi connectivity index (χ4n) is 3.17. The molecule has 1 amide bonds. The van der Waals surface area contributed by atoms with Gasteiger partial charge in [-0.05, 0) is 57.7 Å². The van der Waals surface area contributed by atoms with E-state index in [0.717, 1.165) is 20.4 Å².